The van der Waals surface area contributed by atoms with Gasteiger partial charge in [-0.1, -0.05) is 104 Å². The van der Waals surface area contributed by atoms with Gasteiger partial charge in [-0.2, -0.15) is 0 Å². The van der Waals surface area contributed by atoms with Gasteiger partial charge in [-0.15, -0.1) is 49.6 Å². The molecule has 316 valence electrons. The molecule has 0 amide bonds. The van der Waals surface area contributed by atoms with E-state index in [1.165, 1.54) is 103 Å². The number of hydrogen-bond donors (Lipinski definition) is 4. The van der Waals surface area contributed by atoms with Crippen molar-refractivity contribution in [2.24, 2.45) is 0 Å². The molecule has 0 aliphatic carbocycles. The summed E-state index contributed by atoms with van der Waals surface area (Å²) in [6, 6.07) is 0. The summed E-state index contributed by atoms with van der Waals surface area (Å²) < 4.78 is 23.6. The number of hydrogen-bond acceptors (Lipinski definition) is 8. The number of rotatable bonds is 42. The van der Waals surface area contributed by atoms with Gasteiger partial charge in [0.25, 0.3) is 0 Å². The number of halogens is 4. The Hall–Kier alpha value is 0.840. The van der Waals surface area contributed by atoms with Crippen LogP contribution in [0.15, 0.2) is 0 Å². The minimum atomic E-state index is 0. The summed E-state index contributed by atoms with van der Waals surface area (Å²) >= 11 is 0. The van der Waals surface area contributed by atoms with Crippen molar-refractivity contribution < 1.29 is 18.9 Å². The molecule has 12 heteroatoms. The average Bonchev–Trinajstić information content (AvgIpc) is 3.07. The molecule has 4 N–H and O–H groups in total. The predicted molar refractivity (Wildman–Crippen MR) is 232 cm³/mol. The molecule has 0 aromatic carbocycles. The molecule has 0 heterocycles. The van der Waals surface area contributed by atoms with Crippen molar-refractivity contribution in [2.75, 3.05) is 92.0 Å². The van der Waals surface area contributed by atoms with Crippen molar-refractivity contribution in [3.05, 3.63) is 0 Å². The quantitative estimate of drug-likeness (QED) is 0.0454. The lowest BCUT2D eigenvalue weighted by Crippen LogP contribution is -2.35. The molecule has 2 atom stereocenters. The van der Waals surface area contributed by atoms with Gasteiger partial charge in [-0.3, -0.25) is 0 Å². The molecule has 0 saturated heterocycles. The fourth-order valence-corrected chi connectivity index (χ4v) is 5.70. The Labute approximate surface area is 342 Å². The first kappa shape index (κ1) is 61.1. The van der Waals surface area contributed by atoms with Crippen LogP contribution < -0.4 is 21.3 Å². The Morgan fingerprint density at radius 1 is 0.353 bits per heavy atom. The van der Waals surface area contributed by atoms with Gasteiger partial charge in [0.05, 0.1) is 25.4 Å². The summed E-state index contributed by atoms with van der Waals surface area (Å²) in [5.41, 5.74) is 0. The number of ether oxygens (including phenoxy) is 4. The zero-order valence-electron chi connectivity index (χ0n) is 33.8. The van der Waals surface area contributed by atoms with E-state index in [2.05, 4.69) is 49.0 Å². The van der Waals surface area contributed by atoms with Gasteiger partial charge in [0.1, 0.15) is 0 Å². The van der Waals surface area contributed by atoms with Gasteiger partial charge in [0.15, 0.2) is 0 Å². The van der Waals surface area contributed by atoms with Crippen LogP contribution in [0.25, 0.3) is 0 Å². The third-order valence-corrected chi connectivity index (χ3v) is 8.56. The summed E-state index contributed by atoms with van der Waals surface area (Å²) in [6.45, 7) is 21.2. The van der Waals surface area contributed by atoms with Crippen LogP contribution in [0.1, 0.15) is 150 Å². The first-order valence-electron chi connectivity index (χ1n) is 20.5. The standard InChI is InChI=1S/C39H84N4O4.4ClH/c1-5-9-11-13-15-17-19-21-32-44-36-38(46-7-3)34-42-30-24-28-40-26-23-27-41-29-25-31-43-35-39(47-8-4)37-45-33-22-20-18-16-14-12-10-6-2;;;;/h38-43H,5-37H2,1-4H3;4*1H. The molecule has 2 unspecified atom stereocenters. The van der Waals surface area contributed by atoms with E-state index in [4.69, 9.17) is 18.9 Å². The van der Waals surface area contributed by atoms with Crippen LogP contribution >= 0.6 is 49.6 Å². The summed E-state index contributed by atoms with van der Waals surface area (Å²) in [4.78, 5) is 0. The fourth-order valence-electron chi connectivity index (χ4n) is 5.70. The van der Waals surface area contributed by atoms with Gasteiger partial charge in [-0.25, -0.2) is 0 Å². The Morgan fingerprint density at radius 2 is 0.647 bits per heavy atom. The highest BCUT2D eigenvalue weighted by Crippen LogP contribution is 2.09. The average molecular weight is 819 g/mol. The van der Waals surface area contributed by atoms with E-state index >= 15 is 0 Å². The lowest BCUT2D eigenvalue weighted by molar-refractivity contribution is -0.0113. The Kier molecular flexibility index (Phi) is 66.1. The van der Waals surface area contributed by atoms with Crippen molar-refractivity contribution >= 4 is 49.6 Å². The molecular formula is C39H88Cl4N4O4. The van der Waals surface area contributed by atoms with E-state index in [1.54, 1.807) is 0 Å². The van der Waals surface area contributed by atoms with Gasteiger partial charge in [0.2, 0.25) is 0 Å². The SMILES string of the molecule is CCCCCCCCCCOCC(CNCCCNCCCNCCCNCC(COCCCCCCCCCC)OCC)OCC.Cl.Cl.Cl.Cl. The normalized spacial score (nSPS) is 12.0. The van der Waals surface area contributed by atoms with Crippen molar-refractivity contribution in [1.29, 1.82) is 0 Å². The summed E-state index contributed by atoms with van der Waals surface area (Å²) in [5, 5.41) is 14.3. The van der Waals surface area contributed by atoms with Crippen molar-refractivity contribution in [2.45, 2.75) is 162 Å². The third-order valence-electron chi connectivity index (χ3n) is 8.56. The lowest BCUT2D eigenvalue weighted by Gasteiger charge is -2.18. The molecule has 0 fully saturated rings. The minimum Gasteiger partial charge on any atom is -0.379 e. The Balaban J connectivity index is -0.00000176. The summed E-state index contributed by atoms with van der Waals surface area (Å²) in [6.07, 6.45) is 25.1. The van der Waals surface area contributed by atoms with Crippen LogP contribution in [-0.4, -0.2) is 104 Å². The monoisotopic (exact) mass is 817 g/mol. The molecule has 0 rings (SSSR count). The highest BCUT2D eigenvalue weighted by molar-refractivity contribution is 5.86. The second-order valence-electron chi connectivity index (χ2n) is 13.2. The topological polar surface area (TPSA) is 85.0 Å². The Morgan fingerprint density at radius 3 is 0.961 bits per heavy atom. The fraction of sp³-hybridized carbons (Fsp3) is 1.00. The van der Waals surface area contributed by atoms with Crippen LogP contribution in [0, 0.1) is 0 Å². The van der Waals surface area contributed by atoms with Crippen molar-refractivity contribution in [3.63, 3.8) is 0 Å². The maximum absolute atomic E-state index is 5.92. The largest absolute Gasteiger partial charge is 0.379 e. The molecule has 0 aliphatic rings. The van der Waals surface area contributed by atoms with Crippen LogP contribution in [0.3, 0.4) is 0 Å². The predicted octanol–water partition coefficient (Wildman–Crippen LogP) is 9.33. The summed E-state index contributed by atoms with van der Waals surface area (Å²) in [5.74, 6) is 0. The van der Waals surface area contributed by atoms with E-state index < -0.39 is 0 Å². The zero-order valence-corrected chi connectivity index (χ0v) is 37.0. The van der Waals surface area contributed by atoms with Gasteiger partial charge >= 0.3 is 0 Å². The minimum absolute atomic E-state index is 0. The molecule has 51 heavy (non-hydrogen) atoms. The first-order chi connectivity index (χ1) is 23.3. The van der Waals surface area contributed by atoms with Crippen LogP contribution in [-0.2, 0) is 18.9 Å². The maximum atomic E-state index is 5.92. The molecule has 0 saturated carbocycles. The van der Waals surface area contributed by atoms with Gasteiger partial charge in [0, 0.05) is 39.5 Å². The van der Waals surface area contributed by atoms with Crippen molar-refractivity contribution in [3.8, 4) is 0 Å². The zero-order chi connectivity index (χ0) is 34.1. The van der Waals surface area contributed by atoms with E-state index in [0.29, 0.717) is 13.2 Å². The molecule has 0 aromatic rings. The van der Waals surface area contributed by atoms with E-state index in [-0.39, 0.29) is 61.8 Å². The van der Waals surface area contributed by atoms with Crippen LogP contribution in [0.2, 0.25) is 0 Å². The molecule has 0 aliphatic heterocycles. The second kappa shape index (κ2) is 55.2. The number of unbranched alkanes of at least 4 members (excludes halogenated alkanes) is 14. The molecule has 8 nitrogen and oxygen atoms in total. The Bertz CT molecular complexity index is 535. The molecule has 0 bridgehead atoms. The maximum Gasteiger partial charge on any atom is 0.0932 e. The highest BCUT2D eigenvalue weighted by Gasteiger charge is 2.09. The van der Waals surface area contributed by atoms with Crippen molar-refractivity contribution in [1.82, 2.24) is 21.3 Å². The van der Waals surface area contributed by atoms with E-state index in [9.17, 15) is 0 Å². The molecule has 0 aromatic heterocycles. The summed E-state index contributed by atoms with van der Waals surface area (Å²) in [7, 11) is 0. The smallest absolute Gasteiger partial charge is 0.0932 e. The van der Waals surface area contributed by atoms with Gasteiger partial charge < -0.3 is 40.2 Å². The molecular weight excluding hydrogens is 730 g/mol. The first-order valence-corrected chi connectivity index (χ1v) is 20.5. The second-order valence-corrected chi connectivity index (χ2v) is 13.2. The molecule has 0 radical (unpaired) electrons. The number of nitrogens with one attached hydrogen (secondary N) is 4. The van der Waals surface area contributed by atoms with E-state index in [1.807, 2.05) is 0 Å². The highest BCUT2D eigenvalue weighted by atomic mass is 35.5. The van der Waals surface area contributed by atoms with E-state index in [0.717, 1.165) is 98.0 Å². The lowest BCUT2D eigenvalue weighted by atomic mass is 10.1. The third kappa shape index (κ3) is 50.8. The van der Waals surface area contributed by atoms with Crippen LogP contribution in [0.5, 0.6) is 0 Å². The molecule has 0 spiro atoms. The van der Waals surface area contributed by atoms with Gasteiger partial charge in [-0.05, 0) is 85.2 Å². The van der Waals surface area contributed by atoms with Crippen LogP contribution in [0.4, 0.5) is 0 Å².